The number of hydrogen-bond donors (Lipinski definition) is 2. The van der Waals surface area contributed by atoms with Crippen LogP contribution in [0.15, 0.2) is 41.1 Å². The molecule has 0 fully saturated rings. The van der Waals surface area contributed by atoms with Gasteiger partial charge in [-0.2, -0.15) is 13.7 Å². The predicted octanol–water partition coefficient (Wildman–Crippen LogP) is 3.23. The molecule has 0 aliphatic carbocycles. The van der Waals surface area contributed by atoms with E-state index in [2.05, 4.69) is 16.4 Å². The summed E-state index contributed by atoms with van der Waals surface area (Å²) in [6, 6.07) is 2.11. The molecule has 1 heterocycles. The van der Waals surface area contributed by atoms with Gasteiger partial charge in [0, 0.05) is 11.9 Å². The number of pyridine rings is 1. The molecule has 1 aromatic heterocycles. The molecule has 0 atom stereocenters. The molecule has 122 valence electrons. The lowest BCUT2D eigenvalue weighted by molar-refractivity contribution is 0.491. The van der Waals surface area contributed by atoms with Gasteiger partial charge in [-0.15, -0.1) is 0 Å². The first kappa shape index (κ1) is 18.6. The lowest BCUT2D eigenvalue weighted by Crippen LogP contribution is -2.04. The predicted molar refractivity (Wildman–Crippen MR) is 90.3 cm³/mol. The summed E-state index contributed by atoms with van der Waals surface area (Å²) < 4.78 is 31.0. The van der Waals surface area contributed by atoms with Crippen molar-refractivity contribution in [2.75, 3.05) is 5.32 Å². The van der Waals surface area contributed by atoms with Gasteiger partial charge in [-0.25, -0.2) is 4.98 Å². The minimum absolute atomic E-state index is 0.185. The van der Waals surface area contributed by atoms with Crippen LogP contribution in [0.4, 0.5) is 5.82 Å². The molecule has 0 bridgehead atoms. The Morgan fingerprint density at radius 2 is 2.04 bits per heavy atom. The lowest BCUT2D eigenvalue weighted by atomic mass is 10.1. The van der Waals surface area contributed by atoms with E-state index in [1.165, 1.54) is 19.1 Å². The van der Waals surface area contributed by atoms with Crippen molar-refractivity contribution >= 4 is 15.9 Å². The summed E-state index contributed by atoms with van der Waals surface area (Å²) in [6.45, 7) is 6.79. The molecule has 0 amide bonds. The fraction of sp³-hybridized carbons (Fsp3) is 0.250. The molecule has 6 nitrogen and oxygen atoms in total. The normalized spacial score (nSPS) is 13.2. The second kappa shape index (κ2) is 7.72. The Hall–Kier alpha value is -2.43. The van der Waals surface area contributed by atoms with Crippen LogP contribution in [0.2, 0.25) is 0 Å². The van der Waals surface area contributed by atoms with E-state index in [4.69, 9.17) is 4.55 Å². The van der Waals surface area contributed by atoms with Gasteiger partial charge in [0.15, 0.2) is 0 Å². The second-order valence-corrected chi connectivity index (χ2v) is 6.50. The van der Waals surface area contributed by atoms with Crippen molar-refractivity contribution in [2.24, 2.45) is 0 Å². The van der Waals surface area contributed by atoms with Gasteiger partial charge in [-0.1, -0.05) is 6.08 Å². The van der Waals surface area contributed by atoms with Crippen molar-refractivity contribution in [3.05, 3.63) is 57.8 Å². The number of aryl methyl sites for hydroxylation is 1. The molecule has 2 N–H and O–H groups in total. The molecule has 0 aliphatic rings. The number of hydrogen-bond acceptors (Lipinski definition) is 5. The van der Waals surface area contributed by atoms with Crippen molar-refractivity contribution in [3.8, 4) is 6.07 Å². The maximum Gasteiger partial charge on any atom is 0.290 e. The standard InChI is InChI=1S/C16H19N3O3S/c1-5-6-14(8-7-12(3)23(20,21)22)19-16-15(9-17)13(4)11(2)10-18-16/h5-8,10H,1-4H3,(H,18,19)(H,20,21,22)/b6-5-,12-7+,14-8+. The topological polar surface area (TPSA) is 103 Å². The Labute approximate surface area is 136 Å². The first-order chi connectivity index (χ1) is 10.7. The smallest absolute Gasteiger partial charge is 0.290 e. The van der Waals surface area contributed by atoms with Crippen molar-refractivity contribution in [2.45, 2.75) is 27.7 Å². The molecule has 0 aliphatic heterocycles. The maximum absolute atomic E-state index is 11.0. The van der Waals surface area contributed by atoms with Crippen molar-refractivity contribution < 1.29 is 13.0 Å². The summed E-state index contributed by atoms with van der Waals surface area (Å²) in [4.78, 5) is 4.03. The van der Waals surface area contributed by atoms with E-state index < -0.39 is 10.1 Å². The zero-order valence-corrected chi connectivity index (χ0v) is 14.3. The molecule has 0 aromatic carbocycles. The van der Waals surface area contributed by atoms with Crippen LogP contribution in [-0.2, 0) is 10.1 Å². The maximum atomic E-state index is 11.0. The van der Waals surface area contributed by atoms with E-state index >= 15 is 0 Å². The molecular formula is C16H19N3O3S. The summed E-state index contributed by atoms with van der Waals surface area (Å²) in [5, 5.41) is 12.3. The Bertz CT molecular complexity index is 829. The molecular weight excluding hydrogens is 314 g/mol. The van der Waals surface area contributed by atoms with E-state index in [9.17, 15) is 13.7 Å². The lowest BCUT2D eigenvalue weighted by Gasteiger charge is -2.11. The van der Waals surface area contributed by atoms with E-state index in [0.29, 0.717) is 17.1 Å². The second-order valence-electron chi connectivity index (χ2n) is 4.90. The first-order valence-electron chi connectivity index (χ1n) is 6.82. The minimum Gasteiger partial charge on any atom is -0.339 e. The highest BCUT2D eigenvalue weighted by atomic mass is 32.2. The van der Waals surface area contributed by atoms with Gasteiger partial charge >= 0.3 is 0 Å². The third-order valence-electron chi connectivity index (χ3n) is 3.22. The first-order valence-corrected chi connectivity index (χ1v) is 8.26. The highest BCUT2D eigenvalue weighted by molar-refractivity contribution is 7.89. The Kier molecular flexibility index (Phi) is 6.25. The summed E-state index contributed by atoms with van der Waals surface area (Å²) >= 11 is 0. The summed E-state index contributed by atoms with van der Waals surface area (Å²) in [5.74, 6) is 0.387. The minimum atomic E-state index is -4.21. The number of aromatic nitrogens is 1. The van der Waals surface area contributed by atoms with E-state index in [0.717, 1.165) is 11.1 Å². The molecule has 0 radical (unpaired) electrons. The van der Waals surface area contributed by atoms with E-state index in [1.54, 1.807) is 25.3 Å². The monoisotopic (exact) mass is 333 g/mol. The molecule has 23 heavy (non-hydrogen) atoms. The van der Waals surface area contributed by atoms with Crippen LogP contribution in [0.1, 0.15) is 30.5 Å². The number of nitrogens with one attached hydrogen (secondary N) is 1. The van der Waals surface area contributed by atoms with Crippen LogP contribution in [0.25, 0.3) is 0 Å². The number of nitrogens with zero attached hydrogens (tertiary/aromatic N) is 2. The van der Waals surface area contributed by atoms with Crippen molar-refractivity contribution in [1.82, 2.24) is 4.98 Å². The third-order valence-corrected chi connectivity index (χ3v) is 4.17. The van der Waals surface area contributed by atoms with E-state index in [1.807, 2.05) is 13.8 Å². The number of anilines is 1. The average Bonchev–Trinajstić information content (AvgIpc) is 2.47. The molecule has 1 rings (SSSR count). The molecule has 0 unspecified atom stereocenters. The van der Waals surface area contributed by atoms with Crippen LogP contribution < -0.4 is 5.32 Å². The number of rotatable bonds is 5. The largest absolute Gasteiger partial charge is 0.339 e. The van der Waals surface area contributed by atoms with Gasteiger partial charge in [-0.3, -0.25) is 4.55 Å². The quantitative estimate of drug-likeness (QED) is 0.633. The third kappa shape index (κ3) is 5.06. The summed E-state index contributed by atoms with van der Waals surface area (Å²) in [6.07, 6.45) is 7.87. The van der Waals surface area contributed by atoms with Crippen molar-refractivity contribution in [1.29, 1.82) is 5.26 Å². The van der Waals surface area contributed by atoms with Crippen LogP contribution in [0.3, 0.4) is 0 Å². The Morgan fingerprint density at radius 1 is 1.39 bits per heavy atom. The SMILES string of the molecule is C\C=C/C(=C\C=C(/C)S(=O)(=O)O)Nc1ncc(C)c(C)c1C#N. The van der Waals surface area contributed by atoms with Crippen LogP contribution >= 0.6 is 0 Å². The fourth-order valence-electron chi connectivity index (χ4n) is 1.68. The number of allylic oxidation sites excluding steroid dienone is 5. The van der Waals surface area contributed by atoms with Gasteiger partial charge < -0.3 is 5.32 Å². The van der Waals surface area contributed by atoms with Gasteiger partial charge in [0.1, 0.15) is 11.9 Å². The van der Waals surface area contributed by atoms with Gasteiger partial charge in [0.2, 0.25) is 0 Å². The summed E-state index contributed by atoms with van der Waals surface area (Å²) in [7, 11) is -4.21. The summed E-state index contributed by atoms with van der Waals surface area (Å²) in [5.41, 5.74) is 2.69. The van der Waals surface area contributed by atoms with Crippen LogP contribution in [0, 0.1) is 25.2 Å². The van der Waals surface area contributed by atoms with Gasteiger partial charge in [0.05, 0.1) is 10.5 Å². The van der Waals surface area contributed by atoms with E-state index in [-0.39, 0.29) is 4.91 Å². The molecule has 0 spiro atoms. The average molecular weight is 333 g/mol. The zero-order valence-electron chi connectivity index (χ0n) is 13.5. The van der Waals surface area contributed by atoms with Gasteiger partial charge in [-0.05, 0) is 57.0 Å². The Balaban J connectivity index is 3.27. The number of nitriles is 1. The van der Waals surface area contributed by atoms with Crippen molar-refractivity contribution in [3.63, 3.8) is 0 Å². The molecule has 7 heteroatoms. The molecule has 0 saturated carbocycles. The highest BCUT2D eigenvalue weighted by Gasteiger charge is 2.10. The van der Waals surface area contributed by atoms with Gasteiger partial charge in [0.25, 0.3) is 10.1 Å². The van der Waals surface area contributed by atoms with Crippen LogP contribution in [-0.4, -0.2) is 18.0 Å². The highest BCUT2D eigenvalue weighted by Crippen LogP contribution is 2.20. The fourth-order valence-corrected chi connectivity index (χ4v) is 1.92. The zero-order chi connectivity index (χ0) is 17.6. The molecule has 0 saturated heterocycles. The van der Waals surface area contributed by atoms with Crippen LogP contribution in [0.5, 0.6) is 0 Å². The molecule has 1 aromatic rings. The Morgan fingerprint density at radius 3 is 2.57 bits per heavy atom.